The molecule has 146 valence electrons. The molecule has 0 saturated heterocycles. The van der Waals surface area contributed by atoms with Crippen LogP contribution in [0.25, 0.3) is 0 Å². The third-order valence-corrected chi connectivity index (χ3v) is 6.25. The van der Waals surface area contributed by atoms with Gasteiger partial charge in [-0.25, -0.2) is 13.2 Å². The zero-order chi connectivity index (χ0) is 18.9. The van der Waals surface area contributed by atoms with Gasteiger partial charge in [0, 0.05) is 5.92 Å². The van der Waals surface area contributed by atoms with E-state index >= 15 is 4.39 Å². The molecular formula is C21H28F4O. The maximum Gasteiger partial charge on any atom is 0.200 e. The zero-order valence-corrected chi connectivity index (χ0v) is 15.5. The lowest BCUT2D eigenvalue weighted by Gasteiger charge is -2.26. The average Bonchev–Trinajstić information content (AvgIpc) is 2.88. The van der Waals surface area contributed by atoms with Gasteiger partial charge in [0.05, 0.1) is 6.61 Å². The van der Waals surface area contributed by atoms with Crippen LogP contribution in [0.4, 0.5) is 17.6 Å². The van der Waals surface area contributed by atoms with Gasteiger partial charge in [0.2, 0.25) is 5.82 Å². The SMILES string of the molecule is CCCC1CC2C(F)CC(c3ccc(OCC)c(F)c3F)CCC2(F)C1. The van der Waals surface area contributed by atoms with Crippen LogP contribution in [0.3, 0.4) is 0 Å². The van der Waals surface area contributed by atoms with Gasteiger partial charge < -0.3 is 4.74 Å². The van der Waals surface area contributed by atoms with E-state index in [1.54, 1.807) is 6.92 Å². The highest BCUT2D eigenvalue weighted by Gasteiger charge is 2.53. The smallest absolute Gasteiger partial charge is 0.200 e. The Kier molecular flexibility index (Phi) is 5.83. The van der Waals surface area contributed by atoms with Gasteiger partial charge >= 0.3 is 0 Å². The molecule has 0 radical (unpaired) electrons. The third-order valence-electron chi connectivity index (χ3n) is 6.25. The minimum absolute atomic E-state index is 0.0551. The molecule has 2 fully saturated rings. The number of hydrogen-bond donors (Lipinski definition) is 0. The molecule has 2 aliphatic carbocycles. The second kappa shape index (κ2) is 7.77. The van der Waals surface area contributed by atoms with Crippen molar-refractivity contribution in [2.24, 2.45) is 11.8 Å². The summed E-state index contributed by atoms with van der Waals surface area (Å²) in [4.78, 5) is 0. The summed E-state index contributed by atoms with van der Waals surface area (Å²) in [5.41, 5.74) is -1.36. The highest BCUT2D eigenvalue weighted by molar-refractivity contribution is 5.33. The quantitative estimate of drug-likeness (QED) is 0.536. The van der Waals surface area contributed by atoms with Crippen molar-refractivity contribution in [3.05, 3.63) is 29.3 Å². The second-order valence-electron chi connectivity index (χ2n) is 7.94. The van der Waals surface area contributed by atoms with Gasteiger partial charge in [-0.05, 0) is 62.5 Å². The van der Waals surface area contributed by atoms with Crippen molar-refractivity contribution in [1.82, 2.24) is 0 Å². The molecule has 26 heavy (non-hydrogen) atoms. The number of hydrogen-bond acceptors (Lipinski definition) is 1. The summed E-state index contributed by atoms with van der Waals surface area (Å²) in [5.74, 6) is -3.04. The Hall–Kier alpha value is -1.26. The van der Waals surface area contributed by atoms with Crippen LogP contribution in [-0.4, -0.2) is 18.4 Å². The predicted molar refractivity (Wildman–Crippen MR) is 94.0 cm³/mol. The molecule has 5 heteroatoms. The molecule has 3 rings (SSSR count). The maximum absolute atomic E-state index is 15.4. The van der Waals surface area contributed by atoms with Crippen molar-refractivity contribution >= 4 is 0 Å². The molecule has 0 aromatic heterocycles. The fraction of sp³-hybridized carbons (Fsp3) is 0.714. The summed E-state index contributed by atoms with van der Waals surface area (Å²) in [6, 6.07) is 2.85. The summed E-state index contributed by atoms with van der Waals surface area (Å²) in [7, 11) is 0. The molecule has 5 atom stereocenters. The Bertz CT molecular complexity index is 635. The monoisotopic (exact) mass is 372 g/mol. The van der Waals surface area contributed by atoms with Crippen LogP contribution in [0.2, 0.25) is 0 Å². The first-order valence-corrected chi connectivity index (χ1v) is 9.83. The number of alkyl halides is 2. The van der Waals surface area contributed by atoms with Crippen molar-refractivity contribution in [1.29, 1.82) is 0 Å². The lowest BCUT2D eigenvalue weighted by Crippen LogP contribution is -2.32. The van der Waals surface area contributed by atoms with Gasteiger partial charge in [0.1, 0.15) is 11.8 Å². The molecule has 0 amide bonds. The largest absolute Gasteiger partial charge is 0.491 e. The van der Waals surface area contributed by atoms with Crippen LogP contribution in [0.15, 0.2) is 12.1 Å². The minimum Gasteiger partial charge on any atom is -0.491 e. The second-order valence-corrected chi connectivity index (χ2v) is 7.94. The van der Waals surface area contributed by atoms with Crippen LogP contribution >= 0.6 is 0 Å². The average molecular weight is 372 g/mol. The maximum atomic E-state index is 15.4. The van der Waals surface area contributed by atoms with E-state index < -0.39 is 35.3 Å². The van der Waals surface area contributed by atoms with Crippen molar-refractivity contribution in [3.63, 3.8) is 0 Å². The van der Waals surface area contributed by atoms with Gasteiger partial charge in [0.25, 0.3) is 0 Å². The van der Waals surface area contributed by atoms with Crippen LogP contribution in [0.1, 0.15) is 70.3 Å². The molecule has 0 spiro atoms. The van der Waals surface area contributed by atoms with E-state index in [1.807, 2.05) is 0 Å². The number of ether oxygens (including phenoxy) is 1. The lowest BCUT2D eigenvalue weighted by atomic mass is 9.87. The molecule has 1 nitrogen and oxygen atoms in total. The van der Waals surface area contributed by atoms with Crippen LogP contribution in [-0.2, 0) is 0 Å². The predicted octanol–water partition coefficient (Wildman–Crippen LogP) is 6.50. The first-order chi connectivity index (χ1) is 12.4. The van der Waals surface area contributed by atoms with E-state index in [0.717, 1.165) is 12.8 Å². The van der Waals surface area contributed by atoms with E-state index in [2.05, 4.69) is 6.92 Å². The molecule has 5 unspecified atom stereocenters. The molecule has 1 aromatic rings. The molecule has 0 aliphatic heterocycles. The molecule has 1 aromatic carbocycles. The van der Waals surface area contributed by atoms with E-state index in [0.29, 0.717) is 19.3 Å². The Balaban J connectivity index is 1.80. The zero-order valence-electron chi connectivity index (χ0n) is 15.5. The Morgan fingerprint density at radius 1 is 1.15 bits per heavy atom. The normalized spacial score (nSPS) is 34.4. The van der Waals surface area contributed by atoms with Crippen LogP contribution < -0.4 is 4.74 Å². The molecule has 0 bridgehead atoms. The lowest BCUT2D eigenvalue weighted by molar-refractivity contribution is 0.0550. The Morgan fingerprint density at radius 2 is 1.92 bits per heavy atom. The topological polar surface area (TPSA) is 9.23 Å². The van der Waals surface area contributed by atoms with Crippen molar-refractivity contribution < 1.29 is 22.3 Å². The summed E-state index contributed by atoms with van der Waals surface area (Å²) < 4.78 is 64.1. The standard InChI is InChI=1S/C21H28F4O/c1-3-5-13-10-16-17(22)11-14(8-9-21(16,25)12-13)15-6-7-18(26-4-2)20(24)19(15)23/h6-7,13-14,16-17H,3-5,8-12H2,1-2H3. The van der Waals surface area contributed by atoms with E-state index in [1.165, 1.54) is 12.1 Å². The van der Waals surface area contributed by atoms with Gasteiger partial charge in [-0.15, -0.1) is 0 Å². The summed E-state index contributed by atoms with van der Waals surface area (Å²) >= 11 is 0. The van der Waals surface area contributed by atoms with Crippen LogP contribution in [0, 0.1) is 23.5 Å². The van der Waals surface area contributed by atoms with Crippen molar-refractivity contribution in [3.8, 4) is 5.75 Å². The fourth-order valence-corrected chi connectivity index (χ4v) is 5.05. The van der Waals surface area contributed by atoms with Crippen molar-refractivity contribution in [2.45, 2.75) is 76.6 Å². The Labute approximate surface area is 153 Å². The highest BCUT2D eigenvalue weighted by atomic mass is 19.2. The molecule has 2 aliphatic rings. The van der Waals surface area contributed by atoms with E-state index in [4.69, 9.17) is 4.74 Å². The molecule has 0 N–H and O–H groups in total. The molecule has 2 saturated carbocycles. The van der Waals surface area contributed by atoms with Gasteiger partial charge in [0.15, 0.2) is 11.6 Å². The van der Waals surface area contributed by atoms with E-state index in [-0.39, 0.29) is 36.7 Å². The number of fused-ring (bicyclic) bond motifs is 1. The highest BCUT2D eigenvalue weighted by Crippen LogP contribution is 2.54. The van der Waals surface area contributed by atoms with Crippen LogP contribution in [0.5, 0.6) is 5.75 Å². The van der Waals surface area contributed by atoms with Gasteiger partial charge in [-0.3, -0.25) is 0 Å². The Morgan fingerprint density at radius 3 is 2.62 bits per heavy atom. The third kappa shape index (κ3) is 3.59. The summed E-state index contributed by atoms with van der Waals surface area (Å²) in [6.45, 7) is 3.98. The van der Waals surface area contributed by atoms with Crippen molar-refractivity contribution in [2.75, 3.05) is 6.61 Å². The van der Waals surface area contributed by atoms with E-state index in [9.17, 15) is 13.2 Å². The summed E-state index contributed by atoms with van der Waals surface area (Å²) in [6.07, 6.45) is 2.18. The first-order valence-electron chi connectivity index (χ1n) is 9.83. The van der Waals surface area contributed by atoms with Gasteiger partial charge in [-0.1, -0.05) is 25.8 Å². The minimum atomic E-state index is -1.51. The molecule has 0 heterocycles. The first kappa shape index (κ1) is 19.5. The summed E-state index contributed by atoms with van der Waals surface area (Å²) in [5, 5.41) is 0. The number of halogens is 4. The number of rotatable bonds is 5. The molecular weight excluding hydrogens is 344 g/mol. The van der Waals surface area contributed by atoms with Gasteiger partial charge in [-0.2, -0.15) is 4.39 Å². The number of benzene rings is 1. The fourth-order valence-electron chi connectivity index (χ4n) is 5.05.